The Labute approximate surface area is 148 Å². The van der Waals surface area contributed by atoms with Crippen molar-refractivity contribution in [1.29, 1.82) is 0 Å². The standard InChI is InChI=1S/C18H21N3O3S/c1-4-18(15-6-5-7-16(12-15)19-14(3)22)20-21-25(23,24)17-10-8-13(2)9-11-17/h5-12,21H,4H2,1-3H3,(H,19,22)/b20-18+. The monoisotopic (exact) mass is 359 g/mol. The van der Waals surface area contributed by atoms with Gasteiger partial charge in [-0.1, -0.05) is 36.8 Å². The Morgan fingerprint density at radius 3 is 2.40 bits per heavy atom. The smallest absolute Gasteiger partial charge is 0.276 e. The quantitative estimate of drug-likeness (QED) is 0.614. The minimum atomic E-state index is -3.73. The molecule has 0 aromatic heterocycles. The predicted octanol–water partition coefficient (Wildman–Crippen LogP) is 3.05. The molecule has 0 bridgehead atoms. The number of carbonyl (C=O) groups is 1. The Morgan fingerprint density at radius 1 is 1.12 bits per heavy atom. The van der Waals surface area contributed by atoms with E-state index in [0.717, 1.165) is 11.1 Å². The lowest BCUT2D eigenvalue weighted by molar-refractivity contribution is -0.114. The van der Waals surface area contributed by atoms with Crippen molar-refractivity contribution in [2.24, 2.45) is 5.10 Å². The van der Waals surface area contributed by atoms with Gasteiger partial charge in [-0.15, -0.1) is 0 Å². The normalized spacial score (nSPS) is 11.9. The molecule has 25 heavy (non-hydrogen) atoms. The molecule has 2 aromatic carbocycles. The number of rotatable bonds is 6. The third-order valence-electron chi connectivity index (χ3n) is 3.48. The molecule has 0 aliphatic rings. The highest BCUT2D eigenvalue weighted by atomic mass is 32.2. The summed E-state index contributed by atoms with van der Waals surface area (Å²) in [6, 6.07) is 13.6. The van der Waals surface area contributed by atoms with Crippen LogP contribution in [0.4, 0.5) is 5.69 Å². The fourth-order valence-electron chi connectivity index (χ4n) is 2.21. The van der Waals surface area contributed by atoms with Gasteiger partial charge in [0.25, 0.3) is 10.0 Å². The molecular weight excluding hydrogens is 338 g/mol. The van der Waals surface area contributed by atoms with Crippen LogP contribution >= 0.6 is 0 Å². The van der Waals surface area contributed by atoms with Crippen molar-refractivity contribution in [3.63, 3.8) is 0 Å². The molecule has 0 atom stereocenters. The molecule has 1 amide bonds. The van der Waals surface area contributed by atoms with Crippen molar-refractivity contribution in [3.8, 4) is 0 Å². The highest BCUT2D eigenvalue weighted by molar-refractivity contribution is 7.89. The van der Waals surface area contributed by atoms with Crippen LogP contribution in [0.5, 0.6) is 0 Å². The van der Waals surface area contributed by atoms with Gasteiger partial charge in [0.1, 0.15) is 0 Å². The van der Waals surface area contributed by atoms with E-state index in [0.29, 0.717) is 17.8 Å². The highest BCUT2D eigenvalue weighted by Crippen LogP contribution is 2.14. The van der Waals surface area contributed by atoms with Crippen LogP contribution in [-0.4, -0.2) is 20.0 Å². The summed E-state index contributed by atoms with van der Waals surface area (Å²) in [5.74, 6) is -0.174. The average Bonchev–Trinajstić information content (AvgIpc) is 2.55. The molecule has 132 valence electrons. The molecule has 7 heteroatoms. The predicted molar refractivity (Wildman–Crippen MR) is 99.1 cm³/mol. The molecule has 0 heterocycles. The summed E-state index contributed by atoms with van der Waals surface area (Å²) >= 11 is 0. The molecule has 2 rings (SSSR count). The Morgan fingerprint density at radius 2 is 1.80 bits per heavy atom. The van der Waals surface area contributed by atoms with E-state index in [1.165, 1.54) is 19.1 Å². The van der Waals surface area contributed by atoms with Crippen LogP contribution in [0.3, 0.4) is 0 Å². The van der Waals surface area contributed by atoms with E-state index in [1.807, 2.05) is 19.9 Å². The van der Waals surface area contributed by atoms with Gasteiger partial charge >= 0.3 is 0 Å². The zero-order valence-electron chi connectivity index (χ0n) is 14.4. The topological polar surface area (TPSA) is 87.6 Å². The first-order valence-corrected chi connectivity index (χ1v) is 9.33. The van der Waals surface area contributed by atoms with Crippen LogP contribution in [0.2, 0.25) is 0 Å². The Hall–Kier alpha value is -2.67. The van der Waals surface area contributed by atoms with Crippen LogP contribution < -0.4 is 10.1 Å². The molecule has 2 aromatic rings. The second-order valence-electron chi connectivity index (χ2n) is 5.58. The van der Waals surface area contributed by atoms with Crippen LogP contribution in [0.15, 0.2) is 58.5 Å². The molecule has 0 saturated heterocycles. The van der Waals surface area contributed by atoms with Crippen molar-refractivity contribution < 1.29 is 13.2 Å². The maximum Gasteiger partial charge on any atom is 0.276 e. The maximum atomic E-state index is 12.3. The fourth-order valence-corrected chi connectivity index (χ4v) is 3.04. The van der Waals surface area contributed by atoms with Crippen molar-refractivity contribution >= 4 is 27.3 Å². The summed E-state index contributed by atoms with van der Waals surface area (Å²) < 4.78 is 24.7. The molecule has 0 saturated carbocycles. The SMILES string of the molecule is CC/C(=N\NS(=O)(=O)c1ccc(C)cc1)c1cccc(NC(C)=O)c1. The van der Waals surface area contributed by atoms with E-state index in [4.69, 9.17) is 0 Å². The Kier molecular flexibility index (Phi) is 5.93. The largest absolute Gasteiger partial charge is 0.326 e. The first kappa shape index (κ1) is 18.7. The number of hydrazone groups is 1. The van der Waals surface area contributed by atoms with E-state index in [2.05, 4.69) is 15.2 Å². The third-order valence-corrected chi connectivity index (χ3v) is 4.71. The number of carbonyl (C=O) groups excluding carboxylic acids is 1. The second-order valence-corrected chi connectivity index (χ2v) is 7.24. The number of nitrogens with zero attached hydrogens (tertiary/aromatic N) is 1. The van der Waals surface area contributed by atoms with Gasteiger partial charge in [0.2, 0.25) is 5.91 Å². The summed E-state index contributed by atoms with van der Waals surface area (Å²) in [7, 11) is -3.73. The minimum Gasteiger partial charge on any atom is -0.326 e. The number of benzene rings is 2. The molecular formula is C18H21N3O3S. The molecule has 0 aliphatic heterocycles. The number of hydrogen-bond acceptors (Lipinski definition) is 4. The van der Waals surface area contributed by atoms with Crippen LogP contribution in [-0.2, 0) is 14.8 Å². The zero-order chi connectivity index (χ0) is 18.4. The van der Waals surface area contributed by atoms with Gasteiger partial charge in [-0.2, -0.15) is 18.4 Å². The summed E-state index contributed by atoms with van der Waals surface area (Å²) in [5, 5.41) is 6.76. The molecule has 0 unspecified atom stereocenters. The zero-order valence-corrected chi connectivity index (χ0v) is 15.2. The van der Waals surface area contributed by atoms with Gasteiger partial charge in [-0.25, -0.2) is 0 Å². The number of aryl methyl sites for hydroxylation is 1. The van der Waals surface area contributed by atoms with Crippen molar-refractivity contribution in [3.05, 3.63) is 59.7 Å². The molecule has 0 fully saturated rings. The summed E-state index contributed by atoms with van der Waals surface area (Å²) in [5.41, 5.74) is 2.92. The summed E-state index contributed by atoms with van der Waals surface area (Å²) in [4.78, 5) is 13.6. The molecule has 6 nitrogen and oxygen atoms in total. The number of sulfonamides is 1. The Bertz CT molecular complexity index is 888. The first-order chi connectivity index (χ1) is 11.8. The van der Waals surface area contributed by atoms with E-state index >= 15 is 0 Å². The van der Waals surface area contributed by atoms with E-state index in [1.54, 1.807) is 30.3 Å². The lowest BCUT2D eigenvalue weighted by atomic mass is 10.1. The maximum absolute atomic E-state index is 12.3. The van der Waals surface area contributed by atoms with Gasteiger partial charge in [-0.05, 0) is 43.2 Å². The van der Waals surface area contributed by atoms with Gasteiger partial charge in [-0.3, -0.25) is 4.79 Å². The molecule has 0 aliphatic carbocycles. The van der Waals surface area contributed by atoms with Crippen molar-refractivity contribution in [1.82, 2.24) is 4.83 Å². The van der Waals surface area contributed by atoms with Crippen molar-refractivity contribution in [2.75, 3.05) is 5.32 Å². The molecule has 0 radical (unpaired) electrons. The van der Waals surface area contributed by atoms with Crippen LogP contribution in [0.1, 0.15) is 31.4 Å². The van der Waals surface area contributed by atoms with Crippen molar-refractivity contribution in [2.45, 2.75) is 32.1 Å². The third kappa shape index (κ3) is 5.15. The number of anilines is 1. The van der Waals surface area contributed by atoms with Crippen LogP contribution in [0, 0.1) is 6.92 Å². The molecule has 0 spiro atoms. The van der Waals surface area contributed by atoms with E-state index < -0.39 is 10.0 Å². The second kappa shape index (κ2) is 7.94. The first-order valence-electron chi connectivity index (χ1n) is 7.85. The number of nitrogens with one attached hydrogen (secondary N) is 2. The number of hydrogen-bond donors (Lipinski definition) is 2. The summed E-state index contributed by atoms with van der Waals surface area (Å²) in [6.45, 7) is 5.19. The fraction of sp³-hybridized carbons (Fsp3) is 0.222. The van der Waals surface area contributed by atoms with Gasteiger partial charge in [0, 0.05) is 12.6 Å². The van der Waals surface area contributed by atoms with Gasteiger partial charge < -0.3 is 5.32 Å². The van der Waals surface area contributed by atoms with Crippen LogP contribution in [0.25, 0.3) is 0 Å². The lowest BCUT2D eigenvalue weighted by Gasteiger charge is -2.09. The van der Waals surface area contributed by atoms with Gasteiger partial charge in [0.15, 0.2) is 0 Å². The molecule has 2 N–H and O–H groups in total. The number of amides is 1. The highest BCUT2D eigenvalue weighted by Gasteiger charge is 2.13. The lowest BCUT2D eigenvalue weighted by Crippen LogP contribution is -2.20. The Balaban J connectivity index is 2.25. The summed E-state index contributed by atoms with van der Waals surface area (Å²) in [6.07, 6.45) is 0.528. The van der Waals surface area contributed by atoms with E-state index in [-0.39, 0.29) is 10.8 Å². The van der Waals surface area contributed by atoms with E-state index in [9.17, 15) is 13.2 Å². The minimum absolute atomic E-state index is 0.157. The van der Waals surface area contributed by atoms with Gasteiger partial charge in [0.05, 0.1) is 10.6 Å². The average molecular weight is 359 g/mol.